The third kappa shape index (κ3) is 3.36. The summed E-state index contributed by atoms with van der Waals surface area (Å²) in [6, 6.07) is 7.29. The Morgan fingerprint density at radius 2 is 1.89 bits per heavy atom. The van der Waals surface area contributed by atoms with E-state index < -0.39 is 24.9 Å². The van der Waals surface area contributed by atoms with E-state index in [0.717, 1.165) is 4.68 Å². The van der Waals surface area contributed by atoms with E-state index in [4.69, 9.17) is 9.52 Å². The van der Waals surface area contributed by atoms with E-state index in [-0.39, 0.29) is 0 Å². The van der Waals surface area contributed by atoms with Crippen molar-refractivity contribution >= 4 is 11.1 Å². The number of aliphatic hydroxyl groups is 1. The normalized spacial score (nSPS) is 12.0. The molecule has 0 aliphatic rings. The van der Waals surface area contributed by atoms with Crippen LogP contribution >= 0.6 is 0 Å². The number of hydrogen-bond donors (Lipinski definition) is 1. The molecular weight excluding hydrogens is 373 g/mol. The van der Waals surface area contributed by atoms with E-state index in [1.165, 1.54) is 36.8 Å². The monoisotopic (exact) mass is 388 g/mol. The van der Waals surface area contributed by atoms with Gasteiger partial charge in [0, 0.05) is 17.3 Å². The fourth-order valence-corrected chi connectivity index (χ4v) is 2.97. The van der Waals surface area contributed by atoms with Gasteiger partial charge in [0.05, 0.1) is 11.1 Å². The van der Waals surface area contributed by atoms with Crippen LogP contribution in [-0.4, -0.2) is 37.4 Å². The molecule has 28 heavy (non-hydrogen) atoms. The van der Waals surface area contributed by atoms with Gasteiger partial charge in [-0.1, -0.05) is 0 Å². The van der Waals surface area contributed by atoms with Gasteiger partial charge in [0.25, 0.3) is 5.92 Å². The molecule has 6 nitrogen and oxygen atoms in total. The van der Waals surface area contributed by atoms with Crippen molar-refractivity contribution in [3.63, 3.8) is 0 Å². The Balaban J connectivity index is 1.91. The number of halogens is 3. The minimum absolute atomic E-state index is 0.354. The van der Waals surface area contributed by atoms with Gasteiger partial charge in [-0.3, -0.25) is 4.68 Å². The molecule has 0 aliphatic heterocycles. The van der Waals surface area contributed by atoms with Crippen LogP contribution in [0, 0.1) is 12.7 Å². The molecule has 1 N–H and O–H groups in total. The molecule has 3 heterocycles. The fraction of sp³-hybridized carbons (Fsp3) is 0.211. The average molecular weight is 388 g/mol. The summed E-state index contributed by atoms with van der Waals surface area (Å²) >= 11 is 0. The van der Waals surface area contributed by atoms with Crippen molar-refractivity contribution in [3.05, 3.63) is 54.4 Å². The van der Waals surface area contributed by atoms with Gasteiger partial charge in [-0.15, -0.1) is 0 Å². The number of aromatic nitrogens is 4. The molecule has 0 amide bonds. The van der Waals surface area contributed by atoms with E-state index in [2.05, 4.69) is 15.1 Å². The first-order valence-electron chi connectivity index (χ1n) is 8.40. The zero-order valence-corrected chi connectivity index (χ0v) is 14.7. The Bertz CT molecular complexity index is 1140. The molecule has 0 radical (unpaired) electrons. The summed E-state index contributed by atoms with van der Waals surface area (Å²) in [6.45, 7) is -0.347. The number of benzene rings is 1. The minimum atomic E-state index is -3.34. The summed E-state index contributed by atoms with van der Waals surface area (Å²) in [6.07, 6.45) is 2.74. The number of nitrogens with zero attached hydrogens (tertiary/aromatic N) is 4. The van der Waals surface area contributed by atoms with Crippen LogP contribution in [0.2, 0.25) is 0 Å². The van der Waals surface area contributed by atoms with Gasteiger partial charge in [-0.2, -0.15) is 5.10 Å². The first kappa shape index (κ1) is 18.2. The molecular formula is C19H15F3N4O2. The van der Waals surface area contributed by atoms with Crippen LogP contribution in [0.25, 0.3) is 33.6 Å². The maximum Gasteiger partial charge on any atom is 0.289 e. The predicted molar refractivity (Wildman–Crippen MR) is 95.2 cm³/mol. The highest BCUT2D eigenvalue weighted by atomic mass is 19.3. The highest BCUT2D eigenvalue weighted by Gasteiger charge is 2.30. The molecule has 144 valence electrons. The molecule has 9 heteroatoms. The Morgan fingerprint density at radius 3 is 2.61 bits per heavy atom. The lowest BCUT2D eigenvalue weighted by molar-refractivity contribution is -0.0651. The first-order chi connectivity index (χ1) is 13.4. The van der Waals surface area contributed by atoms with Gasteiger partial charge < -0.3 is 9.52 Å². The van der Waals surface area contributed by atoms with Crippen LogP contribution in [0.3, 0.4) is 0 Å². The molecule has 0 aliphatic carbocycles. The second-order valence-electron chi connectivity index (χ2n) is 6.41. The third-order valence-corrected chi connectivity index (χ3v) is 4.21. The van der Waals surface area contributed by atoms with Gasteiger partial charge in [0.2, 0.25) is 5.71 Å². The summed E-state index contributed by atoms with van der Waals surface area (Å²) in [7, 11) is 0. The highest BCUT2D eigenvalue weighted by molar-refractivity contribution is 5.94. The van der Waals surface area contributed by atoms with Crippen molar-refractivity contribution < 1.29 is 22.7 Å². The number of hydrogen-bond acceptors (Lipinski definition) is 5. The smallest absolute Gasteiger partial charge is 0.289 e. The summed E-state index contributed by atoms with van der Waals surface area (Å²) in [5.74, 6) is -3.14. The van der Waals surface area contributed by atoms with Crippen molar-refractivity contribution in [2.75, 3.05) is 6.61 Å². The number of aliphatic hydroxyl groups excluding tert-OH is 1. The number of rotatable bonds is 5. The van der Waals surface area contributed by atoms with Crippen molar-refractivity contribution in [3.8, 4) is 22.5 Å². The average Bonchev–Trinajstić information content (AvgIpc) is 3.24. The van der Waals surface area contributed by atoms with Crippen LogP contribution in [0.5, 0.6) is 0 Å². The Labute approximate surface area is 157 Å². The molecule has 0 saturated heterocycles. The molecule has 4 aromatic rings. The second-order valence-corrected chi connectivity index (χ2v) is 6.41. The molecule has 0 spiro atoms. The van der Waals surface area contributed by atoms with Crippen molar-refractivity contribution in [2.24, 2.45) is 0 Å². The van der Waals surface area contributed by atoms with Gasteiger partial charge in [-0.05, 0) is 37.3 Å². The number of furan rings is 1. The maximum atomic E-state index is 13.7. The lowest BCUT2D eigenvalue weighted by Crippen LogP contribution is -2.28. The minimum Gasteiger partial charge on any atom is -0.443 e. The molecule has 0 unspecified atom stereocenters. The third-order valence-electron chi connectivity index (χ3n) is 4.21. The summed E-state index contributed by atoms with van der Waals surface area (Å²) in [4.78, 5) is 8.36. The van der Waals surface area contributed by atoms with Crippen LogP contribution < -0.4 is 0 Å². The van der Waals surface area contributed by atoms with E-state index >= 15 is 0 Å². The molecule has 4 rings (SSSR count). The zero-order valence-electron chi connectivity index (χ0n) is 14.7. The van der Waals surface area contributed by atoms with E-state index in [1.807, 2.05) is 0 Å². The summed E-state index contributed by atoms with van der Waals surface area (Å²) < 4.78 is 47.3. The molecule has 0 fully saturated rings. The van der Waals surface area contributed by atoms with E-state index in [1.54, 1.807) is 13.0 Å². The molecule has 1 aromatic carbocycles. The maximum absolute atomic E-state index is 13.7. The number of alkyl halides is 2. The van der Waals surface area contributed by atoms with E-state index in [9.17, 15) is 13.2 Å². The lowest BCUT2D eigenvalue weighted by Gasteiger charge is -2.12. The Kier molecular flexibility index (Phi) is 4.38. The van der Waals surface area contributed by atoms with Crippen molar-refractivity contribution in [1.82, 2.24) is 19.7 Å². The number of aryl methyl sites for hydroxylation is 1. The van der Waals surface area contributed by atoms with Gasteiger partial charge in [-0.25, -0.2) is 23.1 Å². The predicted octanol–water partition coefficient (Wildman–Crippen LogP) is 3.83. The zero-order chi connectivity index (χ0) is 19.9. The largest absolute Gasteiger partial charge is 0.443 e. The van der Waals surface area contributed by atoms with Crippen LogP contribution in [0.4, 0.5) is 13.2 Å². The topological polar surface area (TPSA) is 77.0 Å². The lowest BCUT2D eigenvalue weighted by atomic mass is 10.0. The van der Waals surface area contributed by atoms with Crippen LogP contribution in [0.1, 0.15) is 5.76 Å². The van der Waals surface area contributed by atoms with E-state index in [0.29, 0.717) is 39.4 Å². The molecule has 0 atom stereocenters. The summed E-state index contributed by atoms with van der Waals surface area (Å²) in [5.41, 5.74) is 2.18. The van der Waals surface area contributed by atoms with Gasteiger partial charge in [0.15, 0.2) is 0 Å². The Morgan fingerprint density at radius 1 is 1.14 bits per heavy atom. The van der Waals surface area contributed by atoms with Crippen LogP contribution in [-0.2, 0) is 6.54 Å². The Hall–Kier alpha value is -3.20. The fourth-order valence-electron chi connectivity index (χ4n) is 2.97. The molecule has 0 saturated carbocycles. The highest BCUT2D eigenvalue weighted by Crippen LogP contribution is 2.35. The van der Waals surface area contributed by atoms with Gasteiger partial charge in [0.1, 0.15) is 36.8 Å². The quantitative estimate of drug-likeness (QED) is 0.562. The molecule has 3 aromatic heterocycles. The molecule has 0 bridgehead atoms. The summed E-state index contributed by atoms with van der Waals surface area (Å²) in [5, 5.41) is 13.7. The number of fused-ring (bicyclic) bond motifs is 1. The standard InChI is InChI=1S/C19H15F3N4O2/c1-11-6-14-17(23-10-24-18(14)28-11)15-7-26(8-19(21,22)9-27)25-16(15)12-2-4-13(20)5-3-12/h2-7,10,27H,8-9H2,1H3. The first-order valence-corrected chi connectivity index (χ1v) is 8.40. The SMILES string of the molecule is Cc1cc2c(-c3cn(CC(F)(F)CO)nc3-c3ccc(F)cc3)ncnc2o1. The van der Waals surface area contributed by atoms with Crippen molar-refractivity contribution in [2.45, 2.75) is 19.4 Å². The second kappa shape index (κ2) is 6.75. The van der Waals surface area contributed by atoms with Crippen molar-refractivity contribution in [1.29, 1.82) is 0 Å². The van der Waals surface area contributed by atoms with Gasteiger partial charge >= 0.3 is 0 Å². The van der Waals surface area contributed by atoms with Crippen LogP contribution in [0.15, 0.2) is 47.3 Å².